The fourth-order valence-corrected chi connectivity index (χ4v) is 3.28. The van der Waals surface area contributed by atoms with E-state index in [4.69, 9.17) is 5.11 Å². The number of aromatic carboxylic acids is 1. The number of thiophene rings is 1. The molecule has 17 heavy (non-hydrogen) atoms. The normalized spacial score (nSPS) is 10.9. The van der Waals surface area contributed by atoms with E-state index in [2.05, 4.69) is 15.9 Å². The van der Waals surface area contributed by atoms with Crippen molar-refractivity contribution in [1.29, 1.82) is 0 Å². The van der Waals surface area contributed by atoms with Crippen LogP contribution in [0.2, 0.25) is 0 Å². The average Bonchev–Trinajstić information content (AvgIpc) is 2.64. The number of halogens is 1. The molecule has 90 valence electrons. The standard InChI is InChI=1S/C11H10BrNO3S/c1-2-3-13-5-7(11(15)16)9(14)6-4-8(12)17-10(6)13/h4-5H,2-3H2,1H3,(H,15,16). The molecule has 0 radical (unpaired) electrons. The second-order valence-corrected chi connectivity index (χ2v) is 6.05. The molecule has 0 fully saturated rings. The van der Waals surface area contributed by atoms with Crippen LogP contribution < -0.4 is 5.43 Å². The van der Waals surface area contributed by atoms with E-state index in [9.17, 15) is 9.59 Å². The Bertz CT molecular complexity index is 644. The molecule has 0 aromatic carbocycles. The molecule has 6 heteroatoms. The van der Waals surface area contributed by atoms with Crippen LogP contribution in [0.5, 0.6) is 0 Å². The Morgan fingerprint density at radius 1 is 1.59 bits per heavy atom. The number of aromatic nitrogens is 1. The Balaban J connectivity index is 2.84. The lowest BCUT2D eigenvalue weighted by Crippen LogP contribution is -2.17. The lowest BCUT2D eigenvalue weighted by Gasteiger charge is -2.07. The Labute approximate surface area is 110 Å². The van der Waals surface area contributed by atoms with Gasteiger partial charge in [-0.2, -0.15) is 0 Å². The summed E-state index contributed by atoms with van der Waals surface area (Å²) in [6.07, 6.45) is 2.31. The van der Waals surface area contributed by atoms with Crippen LogP contribution >= 0.6 is 27.3 Å². The number of aryl methyl sites for hydroxylation is 1. The minimum Gasteiger partial charge on any atom is -0.477 e. The molecule has 0 aliphatic carbocycles. The number of carboxylic acids is 1. The monoisotopic (exact) mass is 315 g/mol. The van der Waals surface area contributed by atoms with Crippen molar-refractivity contribution >= 4 is 43.5 Å². The zero-order valence-electron chi connectivity index (χ0n) is 9.07. The molecule has 0 unspecified atom stereocenters. The van der Waals surface area contributed by atoms with Gasteiger partial charge in [0.25, 0.3) is 0 Å². The van der Waals surface area contributed by atoms with Crippen LogP contribution in [0.4, 0.5) is 0 Å². The summed E-state index contributed by atoms with van der Waals surface area (Å²) in [5.74, 6) is -1.18. The van der Waals surface area contributed by atoms with Gasteiger partial charge in [0.1, 0.15) is 10.4 Å². The van der Waals surface area contributed by atoms with Crippen molar-refractivity contribution in [3.63, 3.8) is 0 Å². The smallest absolute Gasteiger partial charge is 0.341 e. The highest BCUT2D eigenvalue weighted by molar-refractivity contribution is 9.11. The van der Waals surface area contributed by atoms with Gasteiger partial charge in [-0.3, -0.25) is 4.79 Å². The van der Waals surface area contributed by atoms with Gasteiger partial charge in [-0.25, -0.2) is 4.79 Å². The van der Waals surface area contributed by atoms with Gasteiger partial charge in [0.2, 0.25) is 5.43 Å². The number of hydrogen-bond acceptors (Lipinski definition) is 3. The second kappa shape index (κ2) is 4.62. The van der Waals surface area contributed by atoms with Gasteiger partial charge in [-0.1, -0.05) is 6.92 Å². The lowest BCUT2D eigenvalue weighted by molar-refractivity contribution is 0.0695. The van der Waals surface area contributed by atoms with Gasteiger partial charge in [0.15, 0.2) is 0 Å². The van der Waals surface area contributed by atoms with Gasteiger partial charge >= 0.3 is 5.97 Å². The van der Waals surface area contributed by atoms with Crippen LogP contribution in [-0.2, 0) is 6.54 Å². The molecule has 0 saturated heterocycles. The summed E-state index contributed by atoms with van der Waals surface area (Å²) in [4.78, 5) is 23.8. The molecule has 0 aliphatic rings. The van der Waals surface area contributed by atoms with Crippen LogP contribution in [0.3, 0.4) is 0 Å². The molecule has 0 saturated carbocycles. The first-order valence-corrected chi connectivity index (χ1v) is 6.71. The summed E-state index contributed by atoms with van der Waals surface area (Å²) in [7, 11) is 0. The summed E-state index contributed by atoms with van der Waals surface area (Å²) < 4.78 is 2.66. The van der Waals surface area contributed by atoms with Crippen molar-refractivity contribution in [2.24, 2.45) is 0 Å². The fourth-order valence-electron chi connectivity index (χ4n) is 1.71. The maximum Gasteiger partial charge on any atom is 0.341 e. The third-order valence-electron chi connectivity index (χ3n) is 2.41. The van der Waals surface area contributed by atoms with E-state index >= 15 is 0 Å². The van der Waals surface area contributed by atoms with Crippen LogP contribution in [0.25, 0.3) is 10.2 Å². The van der Waals surface area contributed by atoms with Crippen molar-refractivity contribution < 1.29 is 9.90 Å². The summed E-state index contributed by atoms with van der Waals surface area (Å²) in [5.41, 5.74) is -0.585. The van der Waals surface area contributed by atoms with Crippen LogP contribution in [0.15, 0.2) is 20.8 Å². The van der Waals surface area contributed by atoms with Crippen LogP contribution in [0.1, 0.15) is 23.7 Å². The third-order valence-corrected chi connectivity index (χ3v) is 4.09. The number of pyridine rings is 1. The first-order chi connectivity index (χ1) is 8.04. The summed E-state index contributed by atoms with van der Waals surface area (Å²) in [6.45, 7) is 2.71. The quantitative estimate of drug-likeness (QED) is 0.947. The van der Waals surface area contributed by atoms with E-state index in [1.165, 1.54) is 17.5 Å². The molecule has 1 N–H and O–H groups in total. The number of nitrogens with zero attached hydrogens (tertiary/aromatic N) is 1. The average molecular weight is 316 g/mol. The maximum atomic E-state index is 11.9. The zero-order chi connectivity index (χ0) is 12.6. The molecule has 2 aromatic rings. The molecule has 2 rings (SSSR count). The molecule has 2 heterocycles. The number of carboxylic acid groups (broad SMARTS) is 1. The van der Waals surface area contributed by atoms with Gasteiger partial charge in [-0.05, 0) is 28.4 Å². The van der Waals surface area contributed by atoms with Crippen molar-refractivity contribution in [1.82, 2.24) is 4.57 Å². The van der Waals surface area contributed by atoms with Crippen LogP contribution in [-0.4, -0.2) is 15.6 Å². The first kappa shape index (κ1) is 12.3. The maximum absolute atomic E-state index is 11.9. The molecule has 0 aliphatic heterocycles. The van der Waals surface area contributed by atoms with Crippen molar-refractivity contribution in [3.8, 4) is 0 Å². The van der Waals surface area contributed by atoms with E-state index in [0.717, 1.165) is 15.0 Å². The largest absolute Gasteiger partial charge is 0.477 e. The van der Waals surface area contributed by atoms with E-state index in [-0.39, 0.29) is 5.56 Å². The Morgan fingerprint density at radius 2 is 2.29 bits per heavy atom. The molecule has 0 bridgehead atoms. The highest BCUT2D eigenvalue weighted by Crippen LogP contribution is 2.28. The molecule has 2 aromatic heterocycles. The van der Waals surface area contributed by atoms with Crippen LogP contribution in [0, 0.1) is 0 Å². The van der Waals surface area contributed by atoms with E-state index in [1.54, 1.807) is 6.07 Å². The summed E-state index contributed by atoms with van der Waals surface area (Å²) in [6, 6.07) is 1.68. The Morgan fingerprint density at radius 3 is 2.88 bits per heavy atom. The number of rotatable bonds is 3. The van der Waals surface area contributed by atoms with Gasteiger partial charge in [0, 0.05) is 12.7 Å². The number of hydrogen-bond donors (Lipinski definition) is 1. The molecule has 4 nitrogen and oxygen atoms in total. The minimum absolute atomic E-state index is 0.170. The van der Waals surface area contributed by atoms with Gasteiger partial charge in [0.05, 0.1) is 9.17 Å². The third kappa shape index (κ3) is 2.14. The van der Waals surface area contributed by atoms with E-state index in [0.29, 0.717) is 11.9 Å². The Kier molecular flexibility index (Phi) is 3.35. The predicted octanol–water partition coefficient (Wildman–Crippen LogP) is 2.93. The van der Waals surface area contributed by atoms with Crippen molar-refractivity contribution in [2.75, 3.05) is 0 Å². The minimum atomic E-state index is -1.18. The van der Waals surface area contributed by atoms with E-state index < -0.39 is 11.4 Å². The first-order valence-electron chi connectivity index (χ1n) is 5.10. The Hall–Kier alpha value is -1.14. The summed E-state index contributed by atoms with van der Waals surface area (Å²) in [5, 5.41) is 9.47. The van der Waals surface area contributed by atoms with E-state index in [1.807, 2.05) is 11.5 Å². The fraction of sp³-hybridized carbons (Fsp3) is 0.273. The zero-order valence-corrected chi connectivity index (χ0v) is 11.5. The van der Waals surface area contributed by atoms with Gasteiger partial charge < -0.3 is 9.67 Å². The number of carbonyl (C=O) groups is 1. The predicted molar refractivity (Wildman–Crippen MR) is 71.0 cm³/mol. The molecule has 0 atom stereocenters. The highest BCUT2D eigenvalue weighted by atomic mass is 79.9. The molecular weight excluding hydrogens is 306 g/mol. The summed E-state index contributed by atoms with van der Waals surface area (Å²) >= 11 is 4.76. The number of fused-ring (bicyclic) bond motifs is 1. The SMILES string of the molecule is CCCn1cc(C(=O)O)c(=O)c2cc(Br)sc21. The molecule has 0 spiro atoms. The lowest BCUT2D eigenvalue weighted by atomic mass is 10.2. The molecule has 0 amide bonds. The molecular formula is C11H10BrNO3S. The second-order valence-electron chi connectivity index (χ2n) is 3.64. The van der Waals surface area contributed by atoms with Crippen molar-refractivity contribution in [2.45, 2.75) is 19.9 Å². The topological polar surface area (TPSA) is 59.3 Å². The highest BCUT2D eigenvalue weighted by Gasteiger charge is 2.16. The van der Waals surface area contributed by atoms with Gasteiger partial charge in [-0.15, -0.1) is 11.3 Å². The van der Waals surface area contributed by atoms with Crippen molar-refractivity contribution in [3.05, 3.63) is 31.8 Å².